The smallest absolute Gasteiger partial charge is 0.260 e. The summed E-state index contributed by atoms with van der Waals surface area (Å²) in [7, 11) is 0. The highest BCUT2D eigenvalue weighted by Crippen LogP contribution is 2.29. The van der Waals surface area contributed by atoms with E-state index < -0.39 is 0 Å². The van der Waals surface area contributed by atoms with E-state index in [0.29, 0.717) is 17.6 Å². The van der Waals surface area contributed by atoms with Gasteiger partial charge in [-0.1, -0.05) is 36.4 Å². The highest BCUT2D eigenvalue weighted by Gasteiger charge is 2.15. The standard InChI is InChI=1S/C19H16N4O/c20-10-13-5-4-6-14(9-13)16-11-23(15-7-2-1-3-8-15)18-17(16)19(24)22-12-21-18/h1-9,11-12H,10,20H2,(H,21,22,24). The van der Waals surface area contributed by atoms with Crippen LogP contribution < -0.4 is 11.3 Å². The van der Waals surface area contributed by atoms with Gasteiger partial charge in [-0.3, -0.25) is 4.79 Å². The van der Waals surface area contributed by atoms with Crippen molar-refractivity contribution in [2.45, 2.75) is 6.54 Å². The van der Waals surface area contributed by atoms with E-state index in [2.05, 4.69) is 9.97 Å². The van der Waals surface area contributed by atoms with Crippen molar-refractivity contribution >= 4 is 11.0 Å². The van der Waals surface area contributed by atoms with E-state index in [1.54, 1.807) is 0 Å². The van der Waals surface area contributed by atoms with Gasteiger partial charge in [-0.2, -0.15) is 0 Å². The van der Waals surface area contributed by atoms with E-state index in [-0.39, 0.29) is 5.56 Å². The Morgan fingerprint density at radius 2 is 1.92 bits per heavy atom. The first-order valence-electron chi connectivity index (χ1n) is 7.71. The van der Waals surface area contributed by atoms with Crippen molar-refractivity contribution in [3.05, 3.63) is 83.0 Å². The number of nitrogens with one attached hydrogen (secondary N) is 1. The molecule has 24 heavy (non-hydrogen) atoms. The van der Waals surface area contributed by atoms with E-state index in [4.69, 9.17) is 5.73 Å². The monoisotopic (exact) mass is 316 g/mol. The molecule has 2 aromatic carbocycles. The van der Waals surface area contributed by atoms with Gasteiger partial charge in [0, 0.05) is 24.0 Å². The summed E-state index contributed by atoms with van der Waals surface area (Å²) in [5.74, 6) is 0. The van der Waals surface area contributed by atoms with Crippen molar-refractivity contribution < 1.29 is 0 Å². The molecule has 0 aliphatic heterocycles. The zero-order valence-electron chi connectivity index (χ0n) is 12.9. The number of nitrogens with zero attached hydrogens (tertiary/aromatic N) is 2. The SMILES string of the molecule is NCc1cccc(-c2cn(-c3ccccc3)c3nc[nH]c(=O)c23)c1. The lowest BCUT2D eigenvalue weighted by molar-refractivity contribution is 1.07. The van der Waals surface area contributed by atoms with Crippen LogP contribution in [0.15, 0.2) is 71.9 Å². The summed E-state index contributed by atoms with van der Waals surface area (Å²) in [6, 6.07) is 17.8. The molecule has 118 valence electrons. The molecule has 0 bridgehead atoms. The van der Waals surface area contributed by atoms with Crippen LogP contribution in [0.25, 0.3) is 27.8 Å². The highest BCUT2D eigenvalue weighted by atomic mass is 16.1. The summed E-state index contributed by atoms with van der Waals surface area (Å²) < 4.78 is 1.94. The minimum atomic E-state index is -0.150. The van der Waals surface area contributed by atoms with E-state index >= 15 is 0 Å². The number of nitrogens with two attached hydrogens (primary N) is 1. The molecule has 0 aliphatic rings. The molecule has 0 radical (unpaired) electrons. The Morgan fingerprint density at radius 1 is 1.08 bits per heavy atom. The maximum atomic E-state index is 12.4. The minimum Gasteiger partial charge on any atom is -0.326 e. The quantitative estimate of drug-likeness (QED) is 0.610. The predicted octanol–water partition coefficient (Wildman–Crippen LogP) is 2.84. The number of rotatable bonds is 3. The van der Waals surface area contributed by atoms with Gasteiger partial charge in [0.1, 0.15) is 0 Å². The summed E-state index contributed by atoms with van der Waals surface area (Å²) in [5, 5.41) is 0.579. The first-order chi connectivity index (χ1) is 11.8. The summed E-state index contributed by atoms with van der Waals surface area (Å²) in [5.41, 5.74) is 10.0. The van der Waals surface area contributed by atoms with E-state index in [1.807, 2.05) is 65.4 Å². The summed E-state index contributed by atoms with van der Waals surface area (Å²) in [6.07, 6.45) is 3.39. The van der Waals surface area contributed by atoms with Gasteiger partial charge in [0.25, 0.3) is 5.56 Å². The molecule has 0 atom stereocenters. The van der Waals surface area contributed by atoms with Crippen LogP contribution in [0.4, 0.5) is 0 Å². The van der Waals surface area contributed by atoms with Crippen LogP contribution in [0.3, 0.4) is 0 Å². The fourth-order valence-corrected chi connectivity index (χ4v) is 2.94. The third-order valence-corrected chi connectivity index (χ3v) is 4.10. The molecule has 4 rings (SSSR count). The normalized spacial score (nSPS) is 11.0. The molecule has 0 unspecified atom stereocenters. The molecule has 0 saturated heterocycles. The van der Waals surface area contributed by atoms with Gasteiger partial charge in [0.15, 0.2) is 5.65 Å². The molecule has 3 N–H and O–H groups in total. The zero-order valence-corrected chi connectivity index (χ0v) is 12.9. The van der Waals surface area contributed by atoms with Gasteiger partial charge < -0.3 is 15.3 Å². The van der Waals surface area contributed by atoms with E-state index in [0.717, 1.165) is 22.4 Å². The van der Waals surface area contributed by atoms with Crippen molar-refractivity contribution in [1.29, 1.82) is 0 Å². The molecule has 5 nitrogen and oxygen atoms in total. The Balaban J connectivity index is 2.04. The van der Waals surface area contributed by atoms with Gasteiger partial charge >= 0.3 is 0 Å². The predicted molar refractivity (Wildman–Crippen MR) is 95.0 cm³/mol. The average molecular weight is 316 g/mol. The lowest BCUT2D eigenvalue weighted by atomic mass is 10.0. The van der Waals surface area contributed by atoms with Crippen molar-refractivity contribution in [3.8, 4) is 16.8 Å². The second-order valence-corrected chi connectivity index (χ2v) is 5.58. The van der Waals surface area contributed by atoms with Gasteiger partial charge in [-0.25, -0.2) is 4.98 Å². The highest BCUT2D eigenvalue weighted by molar-refractivity contribution is 5.94. The maximum absolute atomic E-state index is 12.4. The van der Waals surface area contributed by atoms with Crippen LogP contribution in [-0.4, -0.2) is 14.5 Å². The molecule has 0 aliphatic carbocycles. The van der Waals surface area contributed by atoms with Crippen LogP contribution in [0, 0.1) is 0 Å². The van der Waals surface area contributed by atoms with E-state index in [1.165, 1.54) is 6.33 Å². The molecule has 0 amide bonds. The number of aromatic amines is 1. The maximum Gasteiger partial charge on any atom is 0.260 e. The Labute approximate surface area is 138 Å². The molecule has 0 fully saturated rings. The number of para-hydroxylation sites is 1. The number of benzene rings is 2. The first-order valence-corrected chi connectivity index (χ1v) is 7.71. The number of aromatic nitrogens is 3. The zero-order chi connectivity index (χ0) is 16.5. The van der Waals surface area contributed by atoms with Gasteiger partial charge in [0.2, 0.25) is 0 Å². The Bertz CT molecular complexity index is 1060. The second-order valence-electron chi connectivity index (χ2n) is 5.58. The number of H-pyrrole nitrogens is 1. The van der Waals surface area contributed by atoms with E-state index in [9.17, 15) is 4.79 Å². The van der Waals surface area contributed by atoms with Crippen molar-refractivity contribution in [3.63, 3.8) is 0 Å². The van der Waals surface area contributed by atoms with Gasteiger partial charge in [0.05, 0.1) is 11.7 Å². The molecule has 2 aromatic heterocycles. The van der Waals surface area contributed by atoms with Crippen molar-refractivity contribution in [2.24, 2.45) is 5.73 Å². The summed E-state index contributed by atoms with van der Waals surface area (Å²) >= 11 is 0. The Hall–Kier alpha value is -3.18. The average Bonchev–Trinajstić information content (AvgIpc) is 3.04. The Kier molecular flexibility index (Phi) is 3.48. The number of hydrogen-bond acceptors (Lipinski definition) is 3. The third kappa shape index (κ3) is 2.31. The number of hydrogen-bond donors (Lipinski definition) is 2. The fraction of sp³-hybridized carbons (Fsp3) is 0.0526. The number of fused-ring (bicyclic) bond motifs is 1. The molecule has 4 aromatic rings. The molecule has 5 heteroatoms. The third-order valence-electron chi connectivity index (χ3n) is 4.10. The van der Waals surface area contributed by atoms with Gasteiger partial charge in [-0.15, -0.1) is 0 Å². The van der Waals surface area contributed by atoms with Gasteiger partial charge in [-0.05, 0) is 29.3 Å². The molecule has 2 heterocycles. The summed E-state index contributed by atoms with van der Waals surface area (Å²) in [4.78, 5) is 19.5. The molecular weight excluding hydrogens is 300 g/mol. The van der Waals surface area contributed by atoms with Crippen LogP contribution in [0.1, 0.15) is 5.56 Å². The topological polar surface area (TPSA) is 76.7 Å². The summed E-state index contributed by atoms with van der Waals surface area (Å²) in [6.45, 7) is 0.458. The van der Waals surface area contributed by atoms with Crippen LogP contribution in [0.5, 0.6) is 0 Å². The molecular formula is C19H16N4O. The minimum absolute atomic E-state index is 0.150. The van der Waals surface area contributed by atoms with Crippen LogP contribution in [-0.2, 0) is 6.54 Å². The second kappa shape index (κ2) is 5.79. The fourth-order valence-electron chi connectivity index (χ4n) is 2.94. The van der Waals surface area contributed by atoms with Crippen LogP contribution in [0.2, 0.25) is 0 Å². The first kappa shape index (κ1) is 14.4. The molecule has 0 saturated carbocycles. The molecule has 0 spiro atoms. The lowest BCUT2D eigenvalue weighted by Gasteiger charge is -2.03. The van der Waals surface area contributed by atoms with Crippen LogP contribution >= 0.6 is 0 Å². The van der Waals surface area contributed by atoms with Crippen molar-refractivity contribution in [1.82, 2.24) is 14.5 Å². The van der Waals surface area contributed by atoms with Crippen molar-refractivity contribution in [2.75, 3.05) is 0 Å². The Morgan fingerprint density at radius 3 is 2.71 bits per heavy atom. The largest absolute Gasteiger partial charge is 0.326 e. The lowest BCUT2D eigenvalue weighted by Crippen LogP contribution is -2.07.